The average Bonchev–Trinajstić information content (AvgIpc) is 2.40. The molecule has 0 amide bonds. The average molecular weight is 255 g/mol. The number of hydrogen-bond donors (Lipinski definition) is 1. The van der Waals surface area contributed by atoms with Crippen molar-refractivity contribution < 1.29 is 9.53 Å². The Morgan fingerprint density at radius 3 is 2.42 bits per heavy atom. The summed E-state index contributed by atoms with van der Waals surface area (Å²) in [6, 6.07) is 10.9. The van der Waals surface area contributed by atoms with Crippen molar-refractivity contribution in [1.29, 1.82) is 0 Å². The first-order valence-electron chi connectivity index (χ1n) is 6.08. The third-order valence-electron chi connectivity index (χ3n) is 3.13. The van der Waals surface area contributed by atoms with Crippen molar-refractivity contribution in [1.82, 2.24) is 0 Å². The summed E-state index contributed by atoms with van der Waals surface area (Å²) in [7, 11) is 1.61. The van der Waals surface area contributed by atoms with Gasteiger partial charge in [0.05, 0.1) is 7.11 Å². The summed E-state index contributed by atoms with van der Waals surface area (Å²) < 4.78 is 5.14. The van der Waals surface area contributed by atoms with Crippen molar-refractivity contribution in [3.63, 3.8) is 0 Å². The Hall–Kier alpha value is -2.29. The predicted octanol–water partition coefficient (Wildman–Crippen LogP) is 3.13. The van der Waals surface area contributed by atoms with Gasteiger partial charge in [0, 0.05) is 16.8 Å². The van der Waals surface area contributed by atoms with E-state index in [0.717, 1.165) is 16.9 Å². The Bertz CT molecular complexity index is 633. The molecule has 0 radical (unpaired) electrons. The maximum atomic E-state index is 12.5. The number of carbonyl (C=O) groups excluding carboxylic acids is 1. The summed E-state index contributed by atoms with van der Waals surface area (Å²) in [5.74, 6) is 0.688. The molecule has 3 heteroatoms. The smallest absolute Gasteiger partial charge is 0.195 e. The number of ether oxygens (including phenoxy) is 1. The van der Waals surface area contributed by atoms with Gasteiger partial charge in [-0.05, 0) is 49.7 Å². The minimum absolute atomic E-state index is 0.0543. The summed E-state index contributed by atoms with van der Waals surface area (Å²) in [4.78, 5) is 12.5. The minimum Gasteiger partial charge on any atom is -0.497 e. The SMILES string of the molecule is COc1ccc(C(=O)c2cc(C)ccc2N)c(C)c1. The number of aryl methyl sites for hydroxylation is 2. The molecule has 2 aromatic carbocycles. The van der Waals surface area contributed by atoms with Crippen molar-refractivity contribution in [2.45, 2.75) is 13.8 Å². The molecule has 0 atom stereocenters. The molecule has 0 aromatic heterocycles. The summed E-state index contributed by atoms with van der Waals surface area (Å²) in [5.41, 5.74) is 9.49. The topological polar surface area (TPSA) is 52.3 Å². The summed E-state index contributed by atoms with van der Waals surface area (Å²) >= 11 is 0. The van der Waals surface area contributed by atoms with Gasteiger partial charge in [0.25, 0.3) is 0 Å². The fourth-order valence-electron chi connectivity index (χ4n) is 2.03. The molecule has 0 bridgehead atoms. The third kappa shape index (κ3) is 2.60. The minimum atomic E-state index is -0.0543. The fraction of sp³-hybridized carbons (Fsp3) is 0.188. The van der Waals surface area contributed by atoms with Crippen molar-refractivity contribution >= 4 is 11.5 Å². The molecule has 0 saturated carbocycles. The highest BCUT2D eigenvalue weighted by atomic mass is 16.5. The van der Waals surface area contributed by atoms with E-state index in [1.807, 2.05) is 32.0 Å². The van der Waals surface area contributed by atoms with Crippen molar-refractivity contribution in [2.24, 2.45) is 0 Å². The van der Waals surface area contributed by atoms with Crippen LogP contribution in [0.5, 0.6) is 5.75 Å². The summed E-state index contributed by atoms with van der Waals surface area (Å²) in [6.45, 7) is 3.83. The van der Waals surface area contributed by atoms with Crippen molar-refractivity contribution in [3.8, 4) is 5.75 Å². The highest BCUT2D eigenvalue weighted by Gasteiger charge is 2.15. The highest BCUT2D eigenvalue weighted by Crippen LogP contribution is 2.23. The van der Waals surface area contributed by atoms with E-state index in [9.17, 15) is 4.79 Å². The van der Waals surface area contributed by atoms with Gasteiger partial charge in [-0.25, -0.2) is 0 Å². The first-order chi connectivity index (χ1) is 9.02. The van der Waals surface area contributed by atoms with Gasteiger partial charge in [-0.2, -0.15) is 0 Å². The van der Waals surface area contributed by atoms with Crippen LogP contribution in [0.15, 0.2) is 36.4 Å². The molecule has 0 aliphatic rings. The Kier molecular flexibility index (Phi) is 3.56. The molecule has 2 aromatic rings. The lowest BCUT2D eigenvalue weighted by molar-refractivity contribution is 0.103. The molecule has 98 valence electrons. The van der Waals surface area contributed by atoms with E-state index < -0.39 is 0 Å². The van der Waals surface area contributed by atoms with Crippen LogP contribution in [0.3, 0.4) is 0 Å². The molecule has 2 rings (SSSR count). The molecule has 0 fully saturated rings. The molecule has 0 aliphatic carbocycles. The van der Waals surface area contributed by atoms with E-state index in [1.165, 1.54) is 0 Å². The van der Waals surface area contributed by atoms with E-state index in [0.29, 0.717) is 16.8 Å². The number of hydrogen-bond acceptors (Lipinski definition) is 3. The summed E-state index contributed by atoms with van der Waals surface area (Å²) in [6.07, 6.45) is 0. The molecule has 0 unspecified atom stereocenters. The van der Waals surface area contributed by atoms with E-state index in [4.69, 9.17) is 10.5 Å². The van der Waals surface area contributed by atoms with Gasteiger partial charge < -0.3 is 10.5 Å². The van der Waals surface area contributed by atoms with Crippen LogP contribution in [-0.2, 0) is 0 Å². The van der Waals surface area contributed by atoms with E-state index >= 15 is 0 Å². The first-order valence-corrected chi connectivity index (χ1v) is 6.08. The number of carbonyl (C=O) groups is 1. The first kappa shape index (κ1) is 13.1. The van der Waals surface area contributed by atoms with Crippen LogP contribution in [0.4, 0.5) is 5.69 Å². The number of benzene rings is 2. The largest absolute Gasteiger partial charge is 0.497 e. The van der Waals surface area contributed by atoms with E-state index in [-0.39, 0.29) is 5.78 Å². The number of ketones is 1. The maximum Gasteiger partial charge on any atom is 0.195 e. The quantitative estimate of drug-likeness (QED) is 0.677. The van der Waals surface area contributed by atoms with Gasteiger partial charge in [0.1, 0.15) is 5.75 Å². The summed E-state index contributed by atoms with van der Waals surface area (Å²) in [5, 5.41) is 0. The Balaban J connectivity index is 2.47. The van der Waals surface area contributed by atoms with Crippen LogP contribution in [0.2, 0.25) is 0 Å². The molecular formula is C16H17NO2. The molecule has 0 saturated heterocycles. The van der Waals surface area contributed by atoms with Crippen LogP contribution >= 0.6 is 0 Å². The number of rotatable bonds is 3. The second kappa shape index (κ2) is 5.14. The van der Waals surface area contributed by atoms with Crippen LogP contribution in [0, 0.1) is 13.8 Å². The van der Waals surface area contributed by atoms with Gasteiger partial charge >= 0.3 is 0 Å². The van der Waals surface area contributed by atoms with Gasteiger partial charge in [0.2, 0.25) is 0 Å². The molecule has 19 heavy (non-hydrogen) atoms. The van der Waals surface area contributed by atoms with Crippen LogP contribution in [0.1, 0.15) is 27.0 Å². The molecule has 0 spiro atoms. The second-order valence-electron chi connectivity index (χ2n) is 4.60. The standard InChI is InChI=1S/C16H17NO2/c1-10-4-7-15(17)14(8-10)16(18)13-6-5-12(19-3)9-11(13)2/h4-9H,17H2,1-3H3. The zero-order chi connectivity index (χ0) is 14.0. The normalized spacial score (nSPS) is 10.3. The molecular weight excluding hydrogens is 238 g/mol. The monoisotopic (exact) mass is 255 g/mol. The van der Waals surface area contributed by atoms with Crippen molar-refractivity contribution in [3.05, 3.63) is 58.7 Å². The zero-order valence-corrected chi connectivity index (χ0v) is 11.4. The molecule has 3 nitrogen and oxygen atoms in total. The lowest BCUT2D eigenvalue weighted by atomic mass is 9.96. The van der Waals surface area contributed by atoms with Gasteiger partial charge in [-0.1, -0.05) is 11.6 Å². The van der Waals surface area contributed by atoms with Gasteiger partial charge in [-0.15, -0.1) is 0 Å². The highest BCUT2D eigenvalue weighted by molar-refractivity contribution is 6.13. The molecule has 0 aliphatic heterocycles. The van der Waals surface area contributed by atoms with Gasteiger partial charge in [-0.3, -0.25) is 4.79 Å². The number of methoxy groups -OCH3 is 1. The van der Waals surface area contributed by atoms with Crippen LogP contribution in [0.25, 0.3) is 0 Å². The second-order valence-corrected chi connectivity index (χ2v) is 4.60. The number of nitrogen functional groups attached to an aromatic ring is 1. The van der Waals surface area contributed by atoms with E-state index in [1.54, 1.807) is 25.3 Å². The predicted molar refractivity (Wildman–Crippen MR) is 76.8 cm³/mol. The van der Waals surface area contributed by atoms with Gasteiger partial charge in [0.15, 0.2) is 5.78 Å². The van der Waals surface area contributed by atoms with E-state index in [2.05, 4.69) is 0 Å². The Labute approximate surface area is 113 Å². The Morgan fingerprint density at radius 1 is 1.05 bits per heavy atom. The Morgan fingerprint density at radius 2 is 1.79 bits per heavy atom. The third-order valence-corrected chi connectivity index (χ3v) is 3.13. The fourth-order valence-corrected chi connectivity index (χ4v) is 2.03. The van der Waals surface area contributed by atoms with Crippen molar-refractivity contribution in [2.75, 3.05) is 12.8 Å². The zero-order valence-electron chi connectivity index (χ0n) is 11.4. The lowest BCUT2D eigenvalue weighted by Crippen LogP contribution is -2.07. The van der Waals surface area contributed by atoms with Crippen LogP contribution in [-0.4, -0.2) is 12.9 Å². The lowest BCUT2D eigenvalue weighted by Gasteiger charge is -2.09. The number of anilines is 1. The molecule has 2 N–H and O–H groups in total. The molecule has 0 heterocycles. The maximum absolute atomic E-state index is 12.5. The number of nitrogens with two attached hydrogens (primary N) is 1. The van der Waals surface area contributed by atoms with Crippen LogP contribution < -0.4 is 10.5 Å².